The number of aliphatic carboxylic acids is 1. The maximum Gasteiger partial charge on any atom is 0.313 e. The molecule has 0 aromatic heterocycles. The molecular weight excluding hydrogens is 152 g/mol. The molecule has 1 fully saturated rings. The first kappa shape index (κ1) is 7.84. The Labute approximate surface area is 72.3 Å². The number of hydrogen-bond acceptors (Lipinski definition) is 1. The third-order valence-corrected chi connectivity index (χ3v) is 3.44. The first-order chi connectivity index (χ1) is 5.68. The third-order valence-electron chi connectivity index (χ3n) is 3.44. The third kappa shape index (κ3) is 0.838. The smallest absolute Gasteiger partial charge is 0.313 e. The molecule has 1 N–H and O–H groups in total. The Bertz CT molecular complexity index is 244. The van der Waals surface area contributed by atoms with E-state index in [9.17, 15) is 4.79 Å². The van der Waals surface area contributed by atoms with Crippen molar-refractivity contribution in [2.45, 2.75) is 26.2 Å². The summed E-state index contributed by atoms with van der Waals surface area (Å²) in [6.45, 7) is 2.15. The van der Waals surface area contributed by atoms with E-state index in [1.165, 1.54) is 0 Å². The second-order valence-corrected chi connectivity index (χ2v) is 4.06. The lowest BCUT2D eigenvalue weighted by atomic mass is 9.84. The van der Waals surface area contributed by atoms with Gasteiger partial charge in [-0.25, -0.2) is 0 Å². The van der Waals surface area contributed by atoms with Crippen molar-refractivity contribution in [3.8, 4) is 0 Å². The minimum absolute atomic E-state index is 0.481. The van der Waals surface area contributed by atoms with Gasteiger partial charge in [0.05, 0.1) is 5.41 Å². The minimum atomic E-state index is -0.628. The lowest BCUT2D eigenvalue weighted by Gasteiger charge is -2.20. The fraction of sp³-hybridized carbons (Fsp3) is 0.700. The summed E-state index contributed by atoms with van der Waals surface area (Å²) < 4.78 is 0. The van der Waals surface area contributed by atoms with Crippen molar-refractivity contribution in [3.05, 3.63) is 12.2 Å². The minimum Gasteiger partial charge on any atom is -0.481 e. The summed E-state index contributed by atoms with van der Waals surface area (Å²) in [6.07, 6.45) is 6.84. The molecule has 2 heteroatoms. The predicted molar refractivity (Wildman–Crippen MR) is 45.7 cm³/mol. The van der Waals surface area contributed by atoms with E-state index in [-0.39, 0.29) is 0 Å². The Morgan fingerprint density at radius 2 is 2.42 bits per heavy atom. The first-order valence-electron chi connectivity index (χ1n) is 4.61. The molecule has 0 amide bonds. The van der Waals surface area contributed by atoms with Gasteiger partial charge in [-0.3, -0.25) is 4.79 Å². The van der Waals surface area contributed by atoms with Gasteiger partial charge in [-0.2, -0.15) is 0 Å². The van der Waals surface area contributed by atoms with Gasteiger partial charge < -0.3 is 5.11 Å². The van der Waals surface area contributed by atoms with Gasteiger partial charge in [0.25, 0.3) is 0 Å². The van der Waals surface area contributed by atoms with Gasteiger partial charge in [0, 0.05) is 0 Å². The Morgan fingerprint density at radius 1 is 1.67 bits per heavy atom. The molecule has 0 spiro atoms. The molecule has 3 atom stereocenters. The summed E-state index contributed by atoms with van der Waals surface area (Å²) in [4.78, 5) is 11.0. The van der Waals surface area contributed by atoms with Crippen LogP contribution in [0.1, 0.15) is 26.2 Å². The van der Waals surface area contributed by atoms with E-state index >= 15 is 0 Å². The van der Waals surface area contributed by atoms with Gasteiger partial charge in [-0.05, 0) is 24.7 Å². The van der Waals surface area contributed by atoms with Gasteiger partial charge in [-0.1, -0.05) is 25.5 Å². The summed E-state index contributed by atoms with van der Waals surface area (Å²) in [6, 6.07) is 0. The molecule has 66 valence electrons. The van der Waals surface area contributed by atoms with Crippen LogP contribution in [0.4, 0.5) is 0 Å². The molecule has 0 aliphatic heterocycles. The molecule has 0 saturated heterocycles. The Kier molecular flexibility index (Phi) is 1.53. The molecule has 2 aliphatic carbocycles. The zero-order valence-electron chi connectivity index (χ0n) is 7.29. The average molecular weight is 166 g/mol. The largest absolute Gasteiger partial charge is 0.481 e. The maximum absolute atomic E-state index is 11.0. The summed E-state index contributed by atoms with van der Waals surface area (Å²) in [7, 11) is 0. The van der Waals surface area contributed by atoms with Crippen LogP contribution in [0.25, 0.3) is 0 Å². The van der Waals surface area contributed by atoms with Crippen LogP contribution in [0.2, 0.25) is 0 Å². The second kappa shape index (κ2) is 2.35. The molecule has 12 heavy (non-hydrogen) atoms. The number of carboxylic acids is 1. The molecule has 0 heterocycles. The number of hydrogen-bond donors (Lipinski definition) is 1. The van der Waals surface area contributed by atoms with Crippen LogP contribution in [-0.4, -0.2) is 11.1 Å². The van der Waals surface area contributed by atoms with E-state index in [4.69, 9.17) is 5.11 Å². The van der Waals surface area contributed by atoms with Crippen molar-refractivity contribution in [1.82, 2.24) is 0 Å². The van der Waals surface area contributed by atoms with Crippen LogP contribution >= 0.6 is 0 Å². The molecule has 2 bridgehead atoms. The molecule has 3 unspecified atom stereocenters. The quantitative estimate of drug-likeness (QED) is 0.637. The number of allylic oxidation sites excluding steroid dienone is 1. The van der Waals surface area contributed by atoms with Gasteiger partial charge in [0.2, 0.25) is 0 Å². The topological polar surface area (TPSA) is 37.3 Å². The van der Waals surface area contributed by atoms with Gasteiger partial charge in [0.1, 0.15) is 0 Å². The van der Waals surface area contributed by atoms with Crippen LogP contribution in [0.5, 0.6) is 0 Å². The highest BCUT2D eigenvalue weighted by Crippen LogP contribution is 2.53. The fourth-order valence-corrected chi connectivity index (χ4v) is 2.65. The Hall–Kier alpha value is -0.790. The predicted octanol–water partition coefficient (Wildman–Crippen LogP) is 2.06. The van der Waals surface area contributed by atoms with Gasteiger partial charge in [0.15, 0.2) is 0 Å². The van der Waals surface area contributed by atoms with E-state index in [0.717, 1.165) is 19.3 Å². The van der Waals surface area contributed by atoms with E-state index in [0.29, 0.717) is 11.8 Å². The average Bonchev–Trinajstić information content (AvgIpc) is 2.61. The number of fused-ring (bicyclic) bond motifs is 2. The molecule has 0 radical (unpaired) electrons. The summed E-state index contributed by atoms with van der Waals surface area (Å²) >= 11 is 0. The molecular formula is C10H14O2. The normalized spacial score (nSPS) is 43.8. The van der Waals surface area contributed by atoms with Crippen LogP contribution in [-0.2, 0) is 4.79 Å². The lowest BCUT2D eigenvalue weighted by Crippen LogP contribution is -2.25. The second-order valence-electron chi connectivity index (χ2n) is 4.06. The number of carbonyl (C=O) groups is 1. The van der Waals surface area contributed by atoms with Crippen molar-refractivity contribution < 1.29 is 9.90 Å². The first-order valence-corrected chi connectivity index (χ1v) is 4.61. The molecule has 2 rings (SSSR count). The summed E-state index contributed by atoms with van der Waals surface area (Å²) in [5.41, 5.74) is -0.481. The van der Waals surface area contributed by atoms with Crippen LogP contribution < -0.4 is 0 Å². The molecule has 1 saturated carbocycles. The summed E-state index contributed by atoms with van der Waals surface area (Å²) in [5.74, 6) is 0.536. The Morgan fingerprint density at radius 3 is 2.83 bits per heavy atom. The Balaban J connectivity index is 2.24. The van der Waals surface area contributed by atoms with E-state index in [1.54, 1.807) is 0 Å². The molecule has 2 nitrogen and oxygen atoms in total. The zero-order chi connectivity index (χ0) is 8.77. The highest BCUT2D eigenvalue weighted by molar-refractivity contribution is 5.78. The van der Waals surface area contributed by atoms with Crippen LogP contribution in [0.3, 0.4) is 0 Å². The van der Waals surface area contributed by atoms with E-state index in [2.05, 4.69) is 13.0 Å². The van der Waals surface area contributed by atoms with Crippen molar-refractivity contribution >= 4 is 5.97 Å². The fourth-order valence-electron chi connectivity index (χ4n) is 2.65. The monoisotopic (exact) mass is 166 g/mol. The lowest BCUT2D eigenvalue weighted by molar-refractivity contribution is -0.145. The van der Waals surface area contributed by atoms with Crippen LogP contribution in [0.15, 0.2) is 12.2 Å². The van der Waals surface area contributed by atoms with Crippen molar-refractivity contribution in [2.75, 3.05) is 0 Å². The number of rotatable bonds is 2. The zero-order valence-corrected chi connectivity index (χ0v) is 7.29. The number of carboxylic acid groups (broad SMARTS) is 1. The highest BCUT2D eigenvalue weighted by Gasteiger charge is 2.50. The van der Waals surface area contributed by atoms with Gasteiger partial charge in [-0.15, -0.1) is 0 Å². The summed E-state index contributed by atoms with van der Waals surface area (Å²) in [5, 5.41) is 9.05. The molecule has 2 aliphatic rings. The highest BCUT2D eigenvalue weighted by atomic mass is 16.4. The van der Waals surface area contributed by atoms with Crippen molar-refractivity contribution in [1.29, 1.82) is 0 Å². The SMILES string of the molecule is CCC1CC2(C(=O)O)C=CC1C2. The van der Waals surface area contributed by atoms with Gasteiger partial charge >= 0.3 is 5.97 Å². The standard InChI is InChI=1S/C10H14O2/c1-2-7-5-10(9(11)12)4-3-8(7)6-10/h3-4,7-8H,2,5-6H2,1H3,(H,11,12). The van der Waals surface area contributed by atoms with Crippen molar-refractivity contribution in [2.24, 2.45) is 17.3 Å². The maximum atomic E-state index is 11.0. The molecule has 0 aromatic rings. The van der Waals surface area contributed by atoms with E-state index in [1.807, 2.05) is 6.08 Å². The molecule has 0 aromatic carbocycles. The van der Waals surface area contributed by atoms with E-state index < -0.39 is 11.4 Å². The van der Waals surface area contributed by atoms with Crippen LogP contribution in [0, 0.1) is 17.3 Å². The van der Waals surface area contributed by atoms with Crippen molar-refractivity contribution in [3.63, 3.8) is 0 Å².